The van der Waals surface area contributed by atoms with Crippen molar-refractivity contribution >= 4 is 5.97 Å². The summed E-state index contributed by atoms with van der Waals surface area (Å²) in [6.07, 6.45) is 3.52. The molecule has 1 rings (SSSR count). The van der Waals surface area contributed by atoms with Crippen LogP contribution in [0.5, 0.6) is 0 Å². The van der Waals surface area contributed by atoms with Crippen molar-refractivity contribution < 1.29 is 9.90 Å². The SMILES string of the molecule is CC(NC(Cc1cnc[nH]1)C(=O)O)[C@H](C)N. The summed E-state index contributed by atoms with van der Waals surface area (Å²) in [6, 6.07) is -0.797. The fourth-order valence-electron chi connectivity index (χ4n) is 1.30. The van der Waals surface area contributed by atoms with E-state index >= 15 is 0 Å². The van der Waals surface area contributed by atoms with Crippen molar-refractivity contribution in [2.45, 2.75) is 38.4 Å². The van der Waals surface area contributed by atoms with Crippen LogP contribution < -0.4 is 11.1 Å². The molecule has 1 heterocycles. The van der Waals surface area contributed by atoms with Gasteiger partial charge in [0.1, 0.15) is 6.04 Å². The molecule has 2 unspecified atom stereocenters. The summed E-state index contributed by atoms with van der Waals surface area (Å²) in [4.78, 5) is 17.8. The number of aliphatic carboxylic acids is 1. The van der Waals surface area contributed by atoms with Gasteiger partial charge in [-0.2, -0.15) is 0 Å². The number of hydrogen-bond acceptors (Lipinski definition) is 4. The zero-order chi connectivity index (χ0) is 12.1. The highest BCUT2D eigenvalue weighted by Gasteiger charge is 2.21. The van der Waals surface area contributed by atoms with Crippen molar-refractivity contribution in [3.63, 3.8) is 0 Å². The number of aromatic amines is 1. The average molecular weight is 226 g/mol. The fourth-order valence-corrected chi connectivity index (χ4v) is 1.30. The van der Waals surface area contributed by atoms with Gasteiger partial charge in [0, 0.05) is 30.4 Å². The number of aromatic nitrogens is 2. The van der Waals surface area contributed by atoms with Gasteiger partial charge < -0.3 is 21.1 Å². The maximum Gasteiger partial charge on any atom is 0.321 e. The molecule has 0 aliphatic carbocycles. The normalized spacial score (nSPS) is 16.7. The smallest absolute Gasteiger partial charge is 0.321 e. The van der Waals surface area contributed by atoms with E-state index in [4.69, 9.17) is 10.8 Å². The van der Waals surface area contributed by atoms with Crippen LogP contribution in [0.2, 0.25) is 0 Å². The summed E-state index contributed by atoms with van der Waals surface area (Å²) in [5.41, 5.74) is 6.47. The van der Waals surface area contributed by atoms with Gasteiger partial charge in [-0.05, 0) is 13.8 Å². The third kappa shape index (κ3) is 3.63. The zero-order valence-corrected chi connectivity index (χ0v) is 9.47. The average Bonchev–Trinajstić information content (AvgIpc) is 2.68. The van der Waals surface area contributed by atoms with Crippen molar-refractivity contribution in [3.05, 3.63) is 18.2 Å². The molecule has 0 spiro atoms. The van der Waals surface area contributed by atoms with Gasteiger partial charge >= 0.3 is 5.97 Å². The third-order valence-corrected chi connectivity index (χ3v) is 2.53. The second kappa shape index (κ2) is 5.62. The minimum atomic E-state index is -0.887. The Bertz CT molecular complexity index is 324. The maximum absolute atomic E-state index is 11.0. The van der Waals surface area contributed by atoms with Crippen LogP contribution in [0.25, 0.3) is 0 Å². The van der Waals surface area contributed by atoms with E-state index in [0.29, 0.717) is 6.42 Å². The summed E-state index contributed by atoms with van der Waals surface area (Å²) in [7, 11) is 0. The molecule has 0 amide bonds. The predicted octanol–water partition coefficient (Wildman–Crippen LogP) is -0.269. The Hall–Kier alpha value is -1.40. The topological polar surface area (TPSA) is 104 Å². The lowest BCUT2D eigenvalue weighted by molar-refractivity contribution is -0.139. The minimum absolute atomic E-state index is 0.0518. The first kappa shape index (κ1) is 12.7. The summed E-state index contributed by atoms with van der Waals surface area (Å²) in [5, 5.41) is 12.0. The van der Waals surface area contributed by atoms with E-state index in [1.807, 2.05) is 13.8 Å². The van der Waals surface area contributed by atoms with Crippen LogP contribution in [-0.2, 0) is 11.2 Å². The monoisotopic (exact) mass is 226 g/mol. The molecule has 0 saturated heterocycles. The van der Waals surface area contributed by atoms with Crippen molar-refractivity contribution in [1.82, 2.24) is 15.3 Å². The molecular formula is C10H18N4O2. The fraction of sp³-hybridized carbons (Fsp3) is 0.600. The molecule has 6 nitrogen and oxygen atoms in total. The highest BCUT2D eigenvalue weighted by atomic mass is 16.4. The quantitative estimate of drug-likeness (QED) is 0.534. The number of imidazole rings is 1. The number of hydrogen-bond donors (Lipinski definition) is 4. The van der Waals surface area contributed by atoms with Crippen LogP contribution in [0, 0.1) is 0 Å². The maximum atomic E-state index is 11.0. The van der Waals surface area contributed by atoms with Crippen LogP contribution >= 0.6 is 0 Å². The van der Waals surface area contributed by atoms with E-state index in [9.17, 15) is 4.79 Å². The number of nitrogens with one attached hydrogen (secondary N) is 2. The van der Waals surface area contributed by atoms with E-state index in [0.717, 1.165) is 5.69 Å². The number of rotatable bonds is 6. The Labute approximate surface area is 94.3 Å². The number of carboxylic acid groups (broad SMARTS) is 1. The van der Waals surface area contributed by atoms with Gasteiger partial charge in [-0.15, -0.1) is 0 Å². The molecule has 1 aromatic rings. The van der Waals surface area contributed by atoms with Gasteiger partial charge in [0.2, 0.25) is 0 Å². The molecule has 0 aromatic carbocycles. The van der Waals surface area contributed by atoms with Crippen LogP contribution in [0.4, 0.5) is 0 Å². The Kier molecular flexibility index (Phi) is 4.45. The highest BCUT2D eigenvalue weighted by molar-refractivity contribution is 5.73. The van der Waals surface area contributed by atoms with Crippen LogP contribution in [0.1, 0.15) is 19.5 Å². The molecule has 90 valence electrons. The second-order valence-electron chi connectivity index (χ2n) is 3.99. The number of carbonyl (C=O) groups is 1. The molecule has 0 aliphatic heterocycles. The molecule has 6 heteroatoms. The molecule has 5 N–H and O–H groups in total. The van der Waals surface area contributed by atoms with Crippen molar-refractivity contribution in [1.29, 1.82) is 0 Å². The number of carboxylic acids is 1. The Balaban J connectivity index is 2.58. The zero-order valence-electron chi connectivity index (χ0n) is 9.47. The van der Waals surface area contributed by atoms with Gasteiger partial charge in [0.05, 0.1) is 6.33 Å². The summed E-state index contributed by atoms with van der Waals surface area (Å²) >= 11 is 0. The number of H-pyrrole nitrogens is 1. The second-order valence-corrected chi connectivity index (χ2v) is 3.99. The minimum Gasteiger partial charge on any atom is -0.480 e. The van der Waals surface area contributed by atoms with Crippen LogP contribution in [0.3, 0.4) is 0 Å². The predicted molar refractivity (Wildman–Crippen MR) is 60.0 cm³/mol. The standard InChI is InChI=1S/C10H18N4O2/c1-6(11)7(2)14-9(10(15)16)3-8-4-12-5-13-8/h4-7,9,14H,3,11H2,1-2H3,(H,12,13)(H,15,16)/t6-,7?,9?/m0/s1. The molecule has 1 aromatic heterocycles. The van der Waals surface area contributed by atoms with Gasteiger partial charge in [-0.3, -0.25) is 4.79 Å². The van der Waals surface area contributed by atoms with Gasteiger partial charge in [-0.1, -0.05) is 0 Å². The Morgan fingerprint density at radius 3 is 2.81 bits per heavy atom. The summed E-state index contributed by atoms with van der Waals surface area (Å²) < 4.78 is 0. The van der Waals surface area contributed by atoms with E-state index in [2.05, 4.69) is 15.3 Å². The lowest BCUT2D eigenvalue weighted by Crippen LogP contribution is -2.50. The molecule has 3 atom stereocenters. The first-order valence-electron chi connectivity index (χ1n) is 5.22. The van der Waals surface area contributed by atoms with Crippen molar-refractivity contribution in [3.8, 4) is 0 Å². The number of nitrogens with zero attached hydrogens (tertiary/aromatic N) is 1. The Morgan fingerprint density at radius 2 is 2.38 bits per heavy atom. The Morgan fingerprint density at radius 1 is 1.69 bits per heavy atom. The van der Waals surface area contributed by atoms with E-state index in [1.54, 1.807) is 6.20 Å². The van der Waals surface area contributed by atoms with Crippen LogP contribution in [0.15, 0.2) is 12.5 Å². The van der Waals surface area contributed by atoms with E-state index < -0.39 is 12.0 Å². The summed E-state index contributed by atoms with van der Waals surface area (Å²) in [6.45, 7) is 3.71. The molecular weight excluding hydrogens is 208 g/mol. The van der Waals surface area contributed by atoms with E-state index in [-0.39, 0.29) is 12.1 Å². The van der Waals surface area contributed by atoms with Gasteiger partial charge in [0.25, 0.3) is 0 Å². The first-order valence-corrected chi connectivity index (χ1v) is 5.22. The molecule has 0 saturated carbocycles. The molecule has 0 aliphatic rings. The lowest BCUT2D eigenvalue weighted by atomic mass is 10.1. The summed E-state index contributed by atoms with van der Waals surface area (Å²) in [5.74, 6) is -0.887. The highest BCUT2D eigenvalue weighted by Crippen LogP contribution is 2.01. The van der Waals surface area contributed by atoms with Crippen molar-refractivity contribution in [2.75, 3.05) is 0 Å². The van der Waals surface area contributed by atoms with E-state index in [1.165, 1.54) is 6.33 Å². The van der Waals surface area contributed by atoms with Gasteiger partial charge in [0.15, 0.2) is 0 Å². The van der Waals surface area contributed by atoms with Crippen molar-refractivity contribution in [2.24, 2.45) is 5.73 Å². The molecule has 0 radical (unpaired) electrons. The van der Waals surface area contributed by atoms with Crippen LogP contribution in [-0.4, -0.2) is 39.2 Å². The first-order chi connectivity index (χ1) is 7.50. The molecule has 0 fully saturated rings. The lowest BCUT2D eigenvalue weighted by Gasteiger charge is -2.22. The third-order valence-electron chi connectivity index (χ3n) is 2.53. The number of nitrogens with two attached hydrogens (primary N) is 1. The molecule has 16 heavy (non-hydrogen) atoms. The largest absolute Gasteiger partial charge is 0.480 e. The van der Waals surface area contributed by atoms with Gasteiger partial charge in [-0.25, -0.2) is 4.98 Å². The molecule has 0 bridgehead atoms.